The first-order chi connectivity index (χ1) is 15.1. The number of hydrogen-bond acceptors (Lipinski definition) is 4. The van der Waals surface area contributed by atoms with E-state index in [4.69, 9.17) is 4.74 Å². The zero-order valence-corrected chi connectivity index (χ0v) is 18.0. The minimum atomic E-state index is -0.00119. The molecular weight excluding hydrogens is 386 g/mol. The number of pyridine rings is 1. The lowest BCUT2D eigenvalue weighted by atomic mass is 9.61. The van der Waals surface area contributed by atoms with E-state index in [0.29, 0.717) is 24.7 Å². The number of ether oxygens (including phenoxy) is 1. The van der Waals surface area contributed by atoms with Gasteiger partial charge in [-0.05, 0) is 77.7 Å². The molecule has 31 heavy (non-hydrogen) atoms. The number of carbonyl (C=O) groups excluding carboxylic acids is 1. The number of ketones is 1. The third-order valence-electron chi connectivity index (χ3n) is 8.57. The van der Waals surface area contributed by atoms with Gasteiger partial charge in [0.05, 0.1) is 5.57 Å². The van der Waals surface area contributed by atoms with Gasteiger partial charge in [0, 0.05) is 43.1 Å². The van der Waals surface area contributed by atoms with Crippen molar-refractivity contribution in [1.82, 2.24) is 4.98 Å². The van der Waals surface area contributed by atoms with E-state index in [0.717, 1.165) is 30.6 Å². The van der Waals surface area contributed by atoms with Crippen LogP contribution in [0.15, 0.2) is 59.6 Å². The largest absolute Gasteiger partial charge is 0.489 e. The molecule has 0 spiro atoms. The number of aliphatic hydroxyl groups excluding tert-OH is 1. The molecule has 0 bridgehead atoms. The average molecular weight is 416 g/mol. The maximum absolute atomic E-state index is 12.6. The van der Waals surface area contributed by atoms with Gasteiger partial charge in [0.1, 0.15) is 11.9 Å². The highest BCUT2D eigenvalue weighted by Crippen LogP contribution is 2.62. The minimum Gasteiger partial charge on any atom is -0.489 e. The quantitative estimate of drug-likeness (QED) is 0.743. The van der Waals surface area contributed by atoms with E-state index in [1.54, 1.807) is 0 Å². The minimum absolute atomic E-state index is 0.00119. The molecule has 2 fully saturated rings. The molecule has 1 aromatic carbocycles. The monoisotopic (exact) mass is 415 g/mol. The molecule has 3 aliphatic carbocycles. The number of aliphatic hydroxyl groups is 1. The topological polar surface area (TPSA) is 59.4 Å². The van der Waals surface area contributed by atoms with Crippen molar-refractivity contribution in [3.63, 3.8) is 0 Å². The summed E-state index contributed by atoms with van der Waals surface area (Å²) < 4.78 is 6.60. The Morgan fingerprint density at radius 2 is 2.10 bits per heavy atom. The van der Waals surface area contributed by atoms with E-state index in [1.807, 2.05) is 12.4 Å². The lowest BCUT2D eigenvalue weighted by Crippen LogP contribution is -2.43. The first-order valence-corrected chi connectivity index (χ1v) is 11.6. The molecule has 4 aliphatic rings. The van der Waals surface area contributed by atoms with Crippen molar-refractivity contribution in [2.24, 2.45) is 17.3 Å². The van der Waals surface area contributed by atoms with Gasteiger partial charge in [0.25, 0.3) is 0 Å². The van der Waals surface area contributed by atoms with Crippen LogP contribution in [0, 0.1) is 17.3 Å². The predicted molar refractivity (Wildman–Crippen MR) is 119 cm³/mol. The zero-order chi connectivity index (χ0) is 21.2. The Hall–Kier alpha value is -2.46. The number of allylic oxidation sites excluding steroid dienone is 3. The summed E-state index contributed by atoms with van der Waals surface area (Å²) >= 11 is 0. The number of carbonyl (C=O) groups is 1. The number of rotatable bonds is 2. The fourth-order valence-corrected chi connectivity index (χ4v) is 6.83. The molecule has 1 unspecified atom stereocenters. The summed E-state index contributed by atoms with van der Waals surface area (Å²) in [6, 6.07) is 8.94. The molecule has 5 atom stereocenters. The summed E-state index contributed by atoms with van der Waals surface area (Å²) in [4.78, 5) is 16.9. The van der Waals surface area contributed by atoms with Gasteiger partial charge in [0.2, 0.25) is 0 Å². The smallest absolute Gasteiger partial charge is 0.166 e. The molecule has 1 aliphatic heterocycles. The van der Waals surface area contributed by atoms with Crippen molar-refractivity contribution < 1.29 is 14.6 Å². The van der Waals surface area contributed by atoms with E-state index in [9.17, 15) is 9.90 Å². The first-order valence-electron chi connectivity index (χ1n) is 11.6. The fraction of sp³-hybridized carbons (Fsp3) is 0.481. The van der Waals surface area contributed by atoms with Crippen molar-refractivity contribution in [3.8, 4) is 0 Å². The summed E-state index contributed by atoms with van der Waals surface area (Å²) in [7, 11) is 0. The number of hydrogen-bond donors (Lipinski definition) is 1. The van der Waals surface area contributed by atoms with E-state index >= 15 is 0 Å². The van der Waals surface area contributed by atoms with E-state index in [1.165, 1.54) is 28.3 Å². The Morgan fingerprint density at radius 3 is 2.97 bits per heavy atom. The van der Waals surface area contributed by atoms with Gasteiger partial charge < -0.3 is 9.84 Å². The van der Waals surface area contributed by atoms with Crippen LogP contribution in [0.3, 0.4) is 0 Å². The molecule has 2 saturated carbocycles. The van der Waals surface area contributed by atoms with Crippen molar-refractivity contribution in [1.29, 1.82) is 0 Å². The van der Waals surface area contributed by atoms with Crippen molar-refractivity contribution >= 4 is 16.6 Å². The van der Waals surface area contributed by atoms with Gasteiger partial charge in [-0.1, -0.05) is 19.1 Å². The summed E-state index contributed by atoms with van der Waals surface area (Å²) in [5.74, 6) is 1.93. The highest BCUT2D eigenvalue weighted by molar-refractivity contribution is 6.00. The summed E-state index contributed by atoms with van der Waals surface area (Å²) in [5, 5.41) is 12.1. The maximum Gasteiger partial charge on any atom is 0.166 e. The molecule has 0 saturated heterocycles. The third kappa shape index (κ3) is 2.91. The van der Waals surface area contributed by atoms with Gasteiger partial charge in [0.15, 0.2) is 5.78 Å². The van der Waals surface area contributed by atoms with Crippen LogP contribution in [0.4, 0.5) is 0 Å². The molecule has 160 valence electrons. The molecular formula is C27H29NO3. The zero-order valence-electron chi connectivity index (χ0n) is 18.0. The highest BCUT2D eigenvalue weighted by atomic mass is 16.5. The average Bonchev–Trinajstić information content (AvgIpc) is 3.15. The van der Waals surface area contributed by atoms with Gasteiger partial charge in [-0.15, -0.1) is 0 Å². The summed E-state index contributed by atoms with van der Waals surface area (Å²) in [5.41, 5.74) is 3.68. The second-order valence-corrected chi connectivity index (χ2v) is 10.2. The normalized spacial score (nSPS) is 34.6. The highest BCUT2D eigenvalue weighted by Gasteiger charge is 2.55. The Morgan fingerprint density at radius 1 is 1.19 bits per heavy atom. The number of nitrogens with zero attached hydrogens (tertiary/aromatic N) is 1. The molecule has 1 N–H and O–H groups in total. The Kier molecular flexibility index (Phi) is 4.36. The number of benzene rings is 1. The van der Waals surface area contributed by atoms with Crippen LogP contribution in [-0.4, -0.2) is 28.6 Å². The number of aromatic nitrogens is 1. The Balaban J connectivity index is 1.32. The Labute approximate surface area is 183 Å². The van der Waals surface area contributed by atoms with Crippen molar-refractivity contribution in [3.05, 3.63) is 65.2 Å². The van der Waals surface area contributed by atoms with Gasteiger partial charge >= 0.3 is 0 Å². The van der Waals surface area contributed by atoms with Crippen LogP contribution in [0.25, 0.3) is 10.8 Å². The standard InChI is InChI=1S/C27H29NO3/c1-27-8-6-19-13-21-24(30)10-16(15-29)11-25(21)31-26(19)23(27)5-4-22(27)18-3-2-17-7-9-28-14-20(17)12-18/h2-3,7,9,12-14,16,22-23,26,29H,4-6,8,10-11,15H2,1H3/t16?,22-,23+,26-,27-/m1/s1. The number of Topliss-reactive ketones (excluding diaryl/α,β-unsaturated/α-hetero) is 1. The van der Waals surface area contributed by atoms with Crippen LogP contribution in [0.5, 0.6) is 0 Å². The first kappa shape index (κ1) is 19.2. The molecule has 4 heteroatoms. The third-order valence-corrected chi connectivity index (χ3v) is 8.57. The Bertz CT molecular complexity index is 1130. The van der Waals surface area contributed by atoms with E-state index in [-0.39, 0.29) is 29.8 Å². The molecule has 0 radical (unpaired) electrons. The van der Waals surface area contributed by atoms with Crippen molar-refractivity contribution in [2.75, 3.05) is 6.61 Å². The lowest BCUT2D eigenvalue weighted by Gasteiger charge is -2.48. The molecule has 4 nitrogen and oxygen atoms in total. The van der Waals surface area contributed by atoms with E-state index in [2.05, 4.69) is 42.2 Å². The van der Waals surface area contributed by atoms with Crippen LogP contribution in [0.2, 0.25) is 0 Å². The van der Waals surface area contributed by atoms with Crippen LogP contribution in [0.1, 0.15) is 56.9 Å². The van der Waals surface area contributed by atoms with E-state index < -0.39 is 0 Å². The van der Waals surface area contributed by atoms with Gasteiger partial charge in [-0.25, -0.2) is 0 Å². The second-order valence-electron chi connectivity index (χ2n) is 10.2. The lowest BCUT2D eigenvalue weighted by molar-refractivity contribution is -0.118. The van der Waals surface area contributed by atoms with Gasteiger partial charge in [-0.2, -0.15) is 0 Å². The van der Waals surface area contributed by atoms with Crippen molar-refractivity contribution in [2.45, 2.75) is 57.5 Å². The van der Waals surface area contributed by atoms with Crippen LogP contribution < -0.4 is 0 Å². The predicted octanol–water partition coefficient (Wildman–Crippen LogP) is 5.08. The molecule has 2 heterocycles. The molecule has 1 aromatic heterocycles. The van der Waals surface area contributed by atoms with Crippen LogP contribution >= 0.6 is 0 Å². The maximum atomic E-state index is 12.6. The summed E-state index contributed by atoms with van der Waals surface area (Å²) in [6.07, 6.45) is 11.6. The van der Waals surface area contributed by atoms with Crippen LogP contribution in [-0.2, 0) is 9.53 Å². The molecule has 2 aromatic rings. The van der Waals surface area contributed by atoms with Gasteiger partial charge in [-0.3, -0.25) is 9.78 Å². The second kappa shape index (κ2) is 7.03. The summed E-state index contributed by atoms with van der Waals surface area (Å²) in [6.45, 7) is 2.50. The molecule has 0 amide bonds. The SMILES string of the molecule is C[C@]12CCC3=CC4=C(CC(CO)CC4=O)O[C@H]3[C@@H]1CC[C@@H]2c1ccc2ccncc2c1. The fourth-order valence-electron chi connectivity index (χ4n) is 6.83. The number of fused-ring (bicyclic) bond motifs is 4. The molecule has 6 rings (SSSR count).